The summed E-state index contributed by atoms with van der Waals surface area (Å²) in [6.45, 7) is -0.0188. The monoisotopic (exact) mass is 356 g/mol. The Labute approximate surface area is 149 Å². The average molecular weight is 356 g/mol. The van der Waals surface area contributed by atoms with E-state index in [2.05, 4.69) is 5.32 Å². The minimum absolute atomic E-state index is 0.0188. The van der Waals surface area contributed by atoms with E-state index in [1.165, 1.54) is 23.8 Å². The molecule has 2 aromatic rings. The lowest BCUT2D eigenvalue weighted by molar-refractivity contribution is -0.120. The molecule has 0 unspecified atom stereocenters. The topological polar surface area (TPSA) is 75.7 Å². The maximum absolute atomic E-state index is 12.6. The molecular formula is C18H16N2O4S. The van der Waals surface area contributed by atoms with Crippen LogP contribution in [-0.4, -0.2) is 37.2 Å². The van der Waals surface area contributed by atoms with Crippen LogP contribution in [0.1, 0.15) is 10.4 Å². The maximum Gasteiger partial charge on any atom is 0.338 e. The number of rotatable bonds is 4. The van der Waals surface area contributed by atoms with Gasteiger partial charge in [-0.1, -0.05) is 24.3 Å². The first kappa shape index (κ1) is 17.0. The van der Waals surface area contributed by atoms with Gasteiger partial charge in [0.1, 0.15) is 6.54 Å². The number of fused-ring (bicyclic) bond motifs is 1. The van der Waals surface area contributed by atoms with E-state index in [1.54, 1.807) is 42.5 Å². The molecule has 2 aromatic carbocycles. The largest absolute Gasteiger partial charge is 0.465 e. The summed E-state index contributed by atoms with van der Waals surface area (Å²) in [4.78, 5) is 38.4. The van der Waals surface area contributed by atoms with Crippen LogP contribution in [0, 0.1) is 0 Å². The van der Waals surface area contributed by atoms with E-state index in [4.69, 9.17) is 4.74 Å². The predicted molar refractivity (Wildman–Crippen MR) is 95.9 cm³/mol. The van der Waals surface area contributed by atoms with Crippen molar-refractivity contribution in [1.29, 1.82) is 0 Å². The summed E-state index contributed by atoms with van der Waals surface area (Å²) in [6.07, 6.45) is 0. The smallest absolute Gasteiger partial charge is 0.338 e. The van der Waals surface area contributed by atoms with Crippen LogP contribution in [0.2, 0.25) is 0 Å². The van der Waals surface area contributed by atoms with Crippen molar-refractivity contribution >= 4 is 40.9 Å². The lowest BCUT2D eigenvalue weighted by Gasteiger charge is -2.29. The number of esters is 1. The summed E-state index contributed by atoms with van der Waals surface area (Å²) < 4.78 is 4.76. The molecule has 128 valence electrons. The van der Waals surface area contributed by atoms with Gasteiger partial charge in [-0.05, 0) is 24.3 Å². The fourth-order valence-electron chi connectivity index (χ4n) is 2.54. The molecule has 25 heavy (non-hydrogen) atoms. The zero-order valence-corrected chi connectivity index (χ0v) is 14.3. The number of hydrogen-bond acceptors (Lipinski definition) is 5. The minimum atomic E-state index is -0.446. The number of anilines is 2. The van der Waals surface area contributed by atoms with Crippen LogP contribution >= 0.6 is 11.8 Å². The average Bonchev–Trinajstić information content (AvgIpc) is 2.65. The zero-order chi connectivity index (χ0) is 17.8. The van der Waals surface area contributed by atoms with Crippen LogP contribution in [0.4, 0.5) is 11.4 Å². The molecule has 0 radical (unpaired) electrons. The highest BCUT2D eigenvalue weighted by Crippen LogP contribution is 2.30. The van der Waals surface area contributed by atoms with Crippen LogP contribution < -0.4 is 10.2 Å². The molecule has 6 nitrogen and oxygen atoms in total. The highest BCUT2D eigenvalue weighted by Gasteiger charge is 2.26. The van der Waals surface area contributed by atoms with Crippen molar-refractivity contribution in [3.63, 3.8) is 0 Å². The SMILES string of the molecule is COC(=O)c1ccccc1SCC(=O)N1CC(=O)Nc2ccccc21. The quantitative estimate of drug-likeness (QED) is 0.673. The molecule has 0 spiro atoms. The zero-order valence-electron chi connectivity index (χ0n) is 13.5. The molecule has 3 rings (SSSR count). The molecule has 1 aliphatic heterocycles. The normalized spacial score (nSPS) is 13.0. The van der Waals surface area contributed by atoms with Crippen LogP contribution in [0.5, 0.6) is 0 Å². The second kappa shape index (κ2) is 7.40. The number of methoxy groups -OCH3 is 1. The third-order valence-electron chi connectivity index (χ3n) is 3.72. The fourth-order valence-corrected chi connectivity index (χ4v) is 3.46. The Balaban J connectivity index is 1.76. The highest BCUT2D eigenvalue weighted by molar-refractivity contribution is 8.00. The number of carbonyl (C=O) groups excluding carboxylic acids is 3. The fraction of sp³-hybridized carbons (Fsp3) is 0.167. The molecule has 1 N–H and O–H groups in total. The number of benzene rings is 2. The molecule has 7 heteroatoms. The van der Waals surface area contributed by atoms with Crippen LogP contribution in [-0.2, 0) is 14.3 Å². The molecule has 0 fully saturated rings. The number of ether oxygens (including phenoxy) is 1. The predicted octanol–water partition coefficient (Wildman–Crippen LogP) is 2.55. The number of carbonyl (C=O) groups is 3. The van der Waals surface area contributed by atoms with Crippen molar-refractivity contribution in [2.75, 3.05) is 29.6 Å². The van der Waals surface area contributed by atoms with Crippen LogP contribution in [0.3, 0.4) is 0 Å². The second-order valence-corrected chi connectivity index (χ2v) is 6.34. The third-order valence-corrected chi connectivity index (χ3v) is 4.77. The lowest BCUT2D eigenvalue weighted by atomic mass is 10.2. The van der Waals surface area contributed by atoms with Gasteiger partial charge in [0, 0.05) is 4.90 Å². The van der Waals surface area contributed by atoms with Crippen molar-refractivity contribution in [3.05, 3.63) is 54.1 Å². The van der Waals surface area contributed by atoms with E-state index in [1.807, 2.05) is 6.07 Å². The van der Waals surface area contributed by atoms with Crippen LogP contribution in [0.15, 0.2) is 53.4 Å². The Kier molecular flexibility index (Phi) is 5.04. The number of nitrogens with one attached hydrogen (secondary N) is 1. The Morgan fingerprint density at radius 2 is 1.88 bits per heavy atom. The first-order valence-electron chi connectivity index (χ1n) is 7.59. The van der Waals surface area contributed by atoms with Gasteiger partial charge in [-0.25, -0.2) is 4.79 Å². The summed E-state index contributed by atoms with van der Waals surface area (Å²) in [5.74, 6) is -0.771. The standard InChI is InChI=1S/C18H16N2O4S/c1-24-18(23)12-6-2-5-9-15(12)25-11-17(22)20-10-16(21)19-13-7-3-4-8-14(13)20/h2-9H,10-11H2,1H3,(H,19,21). The summed E-state index contributed by atoms with van der Waals surface area (Å²) in [5, 5.41) is 2.75. The van der Waals surface area contributed by atoms with Gasteiger partial charge >= 0.3 is 5.97 Å². The van der Waals surface area contributed by atoms with Gasteiger partial charge in [-0.15, -0.1) is 11.8 Å². The van der Waals surface area contributed by atoms with Crippen molar-refractivity contribution in [1.82, 2.24) is 0 Å². The summed E-state index contributed by atoms with van der Waals surface area (Å²) in [6, 6.07) is 14.1. The molecule has 0 saturated carbocycles. The second-order valence-electron chi connectivity index (χ2n) is 5.32. The van der Waals surface area contributed by atoms with Crippen molar-refractivity contribution < 1.29 is 19.1 Å². The van der Waals surface area contributed by atoms with Crippen molar-refractivity contribution in [2.24, 2.45) is 0 Å². The van der Waals surface area contributed by atoms with Gasteiger partial charge in [0.2, 0.25) is 11.8 Å². The molecule has 1 heterocycles. The number of hydrogen-bond donors (Lipinski definition) is 1. The molecular weight excluding hydrogens is 340 g/mol. The molecule has 2 amide bonds. The van der Waals surface area contributed by atoms with Crippen LogP contribution in [0.25, 0.3) is 0 Å². The Morgan fingerprint density at radius 1 is 1.16 bits per heavy atom. The van der Waals surface area contributed by atoms with Gasteiger partial charge in [-0.3, -0.25) is 9.59 Å². The molecule has 1 aliphatic rings. The van der Waals surface area contributed by atoms with Gasteiger partial charge in [0.05, 0.1) is 29.8 Å². The number of para-hydroxylation sites is 2. The molecule has 0 saturated heterocycles. The van der Waals surface area contributed by atoms with Gasteiger partial charge in [0.25, 0.3) is 0 Å². The Bertz CT molecular complexity index is 837. The number of nitrogens with zero attached hydrogens (tertiary/aromatic N) is 1. The highest BCUT2D eigenvalue weighted by atomic mass is 32.2. The summed E-state index contributed by atoms with van der Waals surface area (Å²) in [7, 11) is 1.32. The van der Waals surface area contributed by atoms with E-state index in [0.29, 0.717) is 21.8 Å². The first-order chi connectivity index (χ1) is 12.1. The molecule has 0 atom stereocenters. The van der Waals surface area contributed by atoms with Gasteiger partial charge in [0.15, 0.2) is 0 Å². The number of amides is 2. The third kappa shape index (κ3) is 3.66. The minimum Gasteiger partial charge on any atom is -0.465 e. The molecule has 0 aliphatic carbocycles. The van der Waals surface area contributed by atoms with Gasteiger partial charge in [-0.2, -0.15) is 0 Å². The number of thioether (sulfide) groups is 1. The van der Waals surface area contributed by atoms with Gasteiger partial charge < -0.3 is 15.0 Å². The summed E-state index contributed by atoms with van der Waals surface area (Å²) in [5.41, 5.74) is 1.71. The van der Waals surface area contributed by atoms with E-state index < -0.39 is 5.97 Å². The molecule has 0 aromatic heterocycles. The summed E-state index contributed by atoms with van der Waals surface area (Å²) >= 11 is 1.24. The lowest BCUT2D eigenvalue weighted by Crippen LogP contribution is -2.43. The van der Waals surface area contributed by atoms with Crippen molar-refractivity contribution in [2.45, 2.75) is 4.90 Å². The van der Waals surface area contributed by atoms with E-state index in [0.717, 1.165) is 0 Å². The Hall–Kier alpha value is -2.80. The van der Waals surface area contributed by atoms with Crippen molar-refractivity contribution in [3.8, 4) is 0 Å². The van der Waals surface area contributed by atoms with E-state index in [9.17, 15) is 14.4 Å². The Morgan fingerprint density at radius 3 is 2.68 bits per heavy atom. The first-order valence-corrected chi connectivity index (χ1v) is 8.58. The van der Waals surface area contributed by atoms with E-state index in [-0.39, 0.29) is 24.1 Å². The maximum atomic E-state index is 12.6. The molecule has 0 bridgehead atoms. The van der Waals surface area contributed by atoms with E-state index >= 15 is 0 Å².